The summed E-state index contributed by atoms with van der Waals surface area (Å²) < 4.78 is 18.9. The molecule has 0 aromatic heterocycles. The van der Waals surface area contributed by atoms with Gasteiger partial charge in [-0.2, -0.15) is 0 Å². The van der Waals surface area contributed by atoms with E-state index >= 15 is 0 Å². The molecule has 3 aromatic carbocycles. The molecule has 0 atom stereocenters. The number of nitrogens with zero attached hydrogens (tertiary/aromatic N) is 1. The van der Waals surface area contributed by atoms with Gasteiger partial charge in [0.15, 0.2) is 0 Å². The van der Waals surface area contributed by atoms with Crippen LogP contribution in [-0.2, 0) is 27.3 Å². The standard InChI is InChI=1S/C29H30FN3O3/c1-4-36-26(34)14-11-19-7-5-9-21(15-19)28(31-23-10-6-8-20(16-23)18-33(2)3)27-24-13-12-22(30)17-25(24)32-29(27)35/h5-10,12-13,15-17,31H,4,11,14,18H2,1-3H3,(H,32,35). The Morgan fingerprint density at radius 3 is 2.58 bits per heavy atom. The lowest BCUT2D eigenvalue weighted by Gasteiger charge is -2.17. The first-order valence-electron chi connectivity index (χ1n) is 11.9. The normalized spacial score (nSPS) is 13.9. The largest absolute Gasteiger partial charge is 0.466 e. The molecule has 0 bridgehead atoms. The molecule has 7 heteroatoms. The minimum absolute atomic E-state index is 0.247. The molecule has 4 rings (SSSR count). The zero-order valence-electron chi connectivity index (χ0n) is 20.7. The second kappa shape index (κ2) is 11.2. The highest BCUT2D eigenvalue weighted by Crippen LogP contribution is 2.38. The van der Waals surface area contributed by atoms with Crippen LogP contribution in [0.4, 0.5) is 15.8 Å². The molecule has 0 radical (unpaired) electrons. The number of hydrogen-bond donors (Lipinski definition) is 2. The number of carbonyl (C=O) groups excluding carboxylic acids is 2. The highest BCUT2D eigenvalue weighted by molar-refractivity contribution is 6.37. The van der Waals surface area contributed by atoms with Gasteiger partial charge in [0.2, 0.25) is 0 Å². The first-order chi connectivity index (χ1) is 17.3. The van der Waals surface area contributed by atoms with E-state index in [9.17, 15) is 14.0 Å². The van der Waals surface area contributed by atoms with E-state index in [0.29, 0.717) is 35.5 Å². The van der Waals surface area contributed by atoms with Crippen molar-refractivity contribution in [2.45, 2.75) is 26.3 Å². The molecule has 186 valence electrons. The van der Waals surface area contributed by atoms with Crippen LogP contribution in [0.2, 0.25) is 0 Å². The quantitative estimate of drug-likeness (QED) is 0.316. The average molecular weight is 488 g/mol. The lowest BCUT2D eigenvalue weighted by atomic mass is 9.97. The van der Waals surface area contributed by atoms with Crippen LogP contribution in [0.25, 0.3) is 11.3 Å². The number of nitrogens with one attached hydrogen (secondary N) is 2. The van der Waals surface area contributed by atoms with Gasteiger partial charge in [-0.3, -0.25) is 9.59 Å². The number of anilines is 2. The number of aryl methyl sites for hydroxylation is 1. The topological polar surface area (TPSA) is 70.7 Å². The number of halogens is 1. The SMILES string of the molecule is CCOC(=O)CCc1cccc(C(Nc2cccc(CN(C)C)c2)=C2C(=O)Nc3cc(F)ccc32)c1. The minimum Gasteiger partial charge on any atom is -0.466 e. The summed E-state index contributed by atoms with van der Waals surface area (Å²) in [4.78, 5) is 27.1. The molecule has 0 fully saturated rings. The summed E-state index contributed by atoms with van der Waals surface area (Å²) in [7, 11) is 4.02. The van der Waals surface area contributed by atoms with Crippen LogP contribution in [0.3, 0.4) is 0 Å². The Balaban J connectivity index is 1.77. The van der Waals surface area contributed by atoms with Crippen molar-refractivity contribution >= 4 is 34.5 Å². The van der Waals surface area contributed by atoms with Gasteiger partial charge in [0.1, 0.15) is 5.82 Å². The third-order valence-electron chi connectivity index (χ3n) is 5.81. The Morgan fingerprint density at radius 2 is 1.81 bits per heavy atom. The lowest BCUT2D eigenvalue weighted by molar-refractivity contribution is -0.143. The Hall–Kier alpha value is -3.97. The summed E-state index contributed by atoms with van der Waals surface area (Å²) in [6.45, 7) is 2.90. The van der Waals surface area contributed by atoms with Crippen molar-refractivity contribution in [1.29, 1.82) is 0 Å². The van der Waals surface area contributed by atoms with Crippen molar-refractivity contribution in [3.05, 3.63) is 94.8 Å². The first-order valence-corrected chi connectivity index (χ1v) is 11.9. The zero-order valence-corrected chi connectivity index (χ0v) is 20.7. The molecule has 1 aliphatic heterocycles. The van der Waals surface area contributed by atoms with Crippen molar-refractivity contribution < 1.29 is 18.7 Å². The highest BCUT2D eigenvalue weighted by Gasteiger charge is 2.29. The number of fused-ring (bicyclic) bond motifs is 1. The number of rotatable bonds is 9. The molecule has 0 spiro atoms. The summed E-state index contributed by atoms with van der Waals surface area (Å²) in [5, 5.41) is 6.25. The maximum absolute atomic E-state index is 13.9. The van der Waals surface area contributed by atoms with Crippen LogP contribution < -0.4 is 10.6 Å². The fraction of sp³-hybridized carbons (Fsp3) is 0.241. The molecule has 3 aromatic rings. The summed E-state index contributed by atoms with van der Waals surface area (Å²) in [6.07, 6.45) is 0.785. The number of benzene rings is 3. The third-order valence-corrected chi connectivity index (χ3v) is 5.81. The zero-order chi connectivity index (χ0) is 25.7. The van der Waals surface area contributed by atoms with E-state index in [0.717, 1.165) is 28.9 Å². The molecule has 0 unspecified atom stereocenters. The van der Waals surface area contributed by atoms with E-state index in [2.05, 4.69) is 15.5 Å². The molecule has 0 aliphatic carbocycles. The van der Waals surface area contributed by atoms with Crippen molar-refractivity contribution in [3.8, 4) is 0 Å². The Morgan fingerprint density at radius 1 is 1.03 bits per heavy atom. The van der Waals surface area contributed by atoms with E-state index in [1.165, 1.54) is 12.1 Å². The summed E-state index contributed by atoms with van der Waals surface area (Å²) in [5.74, 6) is -0.968. The van der Waals surface area contributed by atoms with Gasteiger partial charge in [0, 0.05) is 24.2 Å². The summed E-state index contributed by atoms with van der Waals surface area (Å²) in [5.41, 5.74) is 5.80. The Labute approximate surface area is 210 Å². The monoisotopic (exact) mass is 487 g/mol. The van der Waals surface area contributed by atoms with E-state index in [1.807, 2.05) is 62.6 Å². The van der Waals surface area contributed by atoms with Gasteiger partial charge in [-0.1, -0.05) is 30.3 Å². The van der Waals surface area contributed by atoms with E-state index in [-0.39, 0.29) is 18.3 Å². The van der Waals surface area contributed by atoms with Crippen LogP contribution in [0.5, 0.6) is 0 Å². The maximum Gasteiger partial charge on any atom is 0.306 e. The second-order valence-corrected chi connectivity index (χ2v) is 8.96. The summed E-state index contributed by atoms with van der Waals surface area (Å²) >= 11 is 0. The molecule has 1 heterocycles. The number of carbonyl (C=O) groups is 2. The van der Waals surface area contributed by atoms with E-state index < -0.39 is 5.82 Å². The average Bonchev–Trinajstić information content (AvgIpc) is 3.16. The molecule has 1 aliphatic rings. The van der Waals surface area contributed by atoms with Crippen molar-refractivity contribution in [2.75, 3.05) is 31.3 Å². The van der Waals surface area contributed by atoms with E-state index in [1.54, 1.807) is 13.0 Å². The predicted octanol–water partition coefficient (Wildman–Crippen LogP) is 5.32. The lowest BCUT2D eigenvalue weighted by Crippen LogP contribution is -2.12. The molecular weight excluding hydrogens is 457 g/mol. The van der Waals surface area contributed by atoms with Crippen LogP contribution in [-0.4, -0.2) is 37.5 Å². The molecule has 1 amide bonds. The predicted molar refractivity (Wildman–Crippen MR) is 141 cm³/mol. The van der Waals surface area contributed by atoms with Crippen LogP contribution in [0.1, 0.15) is 35.6 Å². The van der Waals surface area contributed by atoms with Gasteiger partial charge in [-0.05, 0) is 80.5 Å². The molecule has 0 saturated heterocycles. The van der Waals surface area contributed by atoms with Crippen LogP contribution in [0, 0.1) is 5.82 Å². The summed E-state index contributed by atoms with van der Waals surface area (Å²) in [6, 6.07) is 20.0. The smallest absolute Gasteiger partial charge is 0.306 e. The maximum atomic E-state index is 13.9. The number of ether oxygens (including phenoxy) is 1. The molecule has 6 nitrogen and oxygen atoms in total. The molecule has 2 N–H and O–H groups in total. The molecule has 36 heavy (non-hydrogen) atoms. The van der Waals surface area contributed by atoms with Gasteiger partial charge in [-0.25, -0.2) is 4.39 Å². The van der Waals surface area contributed by atoms with Crippen LogP contribution >= 0.6 is 0 Å². The molecule has 0 saturated carbocycles. The highest BCUT2D eigenvalue weighted by atomic mass is 19.1. The minimum atomic E-state index is -0.415. The van der Waals surface area contributed by atoms with Crippen molar-refractivity contribution in [1.82, 2.24) is 4.90 Å². The van der Waals surface area contributed by atoms with Crippen molar-refractivity contribution in [2.24, 2.45) is 0 Å². The fourth-order valence-corrected chi connectivity index (χ4v) is 4.29. The fourth-order valence-electron chi connectivity index (χ4n) is 4.29. The first kappa shape index (κ1) is 25.1. The number of amides is 1. The van der Waals surface area contributed by atoms with E-state index in [4.69, 9.17) is 4.74 Å². The van der Waals surface area contributed by atoms with Gasteiger partial charge in [0.05, 0.1) is 23.6 Å². The van der Waals surface area contributed by atoms with Gasteiger partial charge in [0.25, 0.3) is 5.91 Å². The number of esters is 1. The van der Waals surface area contributed by atoms with Gasteiger partial charge >= 0.3 is 5.97 Å². The number of hydrogen-bond acceptors (Lipinski definition) is 5. The van der Waals surface area contributed by atoms with Gasteiger partial charge in [-0.15, -0.1) is 0 Å². The van der Waals surface area contributed by atoms with Crippen molar-refractivity contribution in [3.63, 3.8) is 0 Å². The third kappa shape index (κ3) is 5.98. The van der Waals surface area contributed by atoms with Gasteiger partial charge < -0.3 is 20.3 Å². The Bertz CT molecular complexity index is 1320. The Kier molecular flexibility index (Phi) is 7.80. The van der Waals surface area contributed by atoms with Crippen LogP contribution in [0.15, 0.2) is 66.7 Å². The second-order valence-electron chi connectivity index (χ2n) is 8.96. The molecular formula is C29H30FN3O3.